The molecule has 0 radical (unpaired) electrons. The molecule has 5 aromatic rings. The number of hydrogen-bond acceptors (Lipinski definition) is 10. The van der Waals surface area contributed by atoms with Crippen LogP contribution in [0.4, 0.5) is 17.1 Å². The number of amides is 2. The van der Waals surface area contributed by atoms with Crippen LogP contribution in [0.5, 0.6) is 17.2 Å². The van der Waals surface area contributed by atoms with Crippen molar-refractivity contribution < 1.29 is 42.8 Å². The van der Waals surface area contributed by atoms with Crippen molar-refractivity contribution >= 4 is 34.7 Å². The number of Topliss-reactive ketones (excluding diaryl/α,β-unsaturated/α-hetero) is 1. The molecule has 5 aromatic carbocycles. The normalized spacial score (nSPS) is 16.7. The average molecular weight is 936 g/mol. The minimum Gasteiger partial charge on any atom is -0.493 e. The van der Waals surface area contributed by atoms with Gasteiger partial charge in [-0.15, -0.1) is 0 Å². The molecule has 9 rings (SSSR count). The first kappa shape index (κ1) is 47.8. The van der Waals surface area contributed by atoms with E-state index in [1.807, 2.05) is 72.2 Å². The molecular weight excluding hydrogens is 871 g/mol. The monoisotopic (exact) mass is 935 g/mol. The van der Waals surface area contributed by atoms with Crippen LogP contribution in [0.25, 0.3) is 0 Å². The van der Waals surface area contributed by atoms with Gasteiger partial charge in [-0.25, -0.2) is 0 Å². The van der Waals surface area contributed by atoms with Crippen LogP contribution in [0, 0.1) is 6.92 Å². The first-order valence-electron chi connectivity index (χ1n) is 24.7. The molecule has 0 saturated heterocycles. The van der Waals surface area contributed by atoms with E-state index < -0.39 is 0 Å². The van der Waals surface area contributed by atoms with Crippen molar-refractivity contribution in [3.63, 3.8) is 0 Å². The zero-order valence-corrected chi connectivity index (χ0v) is 40.6. The second-order valence-electron chi connectivity index (χ2n) is 18.6. The van der Waals surface area contributed by atoms with Crippen molar-refractivity contribution in [1.82, 2.24) is 0 Å². The van der Waals surface area contributed by atoms with Gasteiger partial charge >= 0.3 is 0 Å². The maximum absolute atomic E-state index is 14.2. The molecule has 4 heterocycles. The molecule has 0 saturated carbocycles. The summed E-state index contributed by atoms with van der Waals surface area (Å²) < 4.78 is 36.0. The Morgan fingerprint density at radius 1 is 0.638 bits per heavy atom. The molecule has 12 nitrogen and oxygen atoms in total. The minimum atomic E-state index is -0.00889. The van der Waals surface area contributed by atoms with Crippen LogP contribution in [0.15, 0.2) is 91.0 Å². The summed E-state index contributed by atoms with van der Waals surface area (Å²) in [6.07, 6.45) is 6.68. The van der Waals surface area contributed by atoms with Crippen molar-refractivity contribution in [2.45, 2.75) is 96.9 Å². The highest BCUT2D eigenvalue weighted by atomic mass is 16.5. The van der Waals surface area contributed by atoms with Gasteiger partial charge < -0.3 is 43.1 Å². The number of anilines is 3. The highest BCUT2D eigenvalue weighted by Crippen LogP contribution is 2.42. The highest BCUT2D eigenvalue weighted by Gasteiger charge is 2.39. The van der Waals surface area contributed by atoms with Crippen molar-refractivity contribution in [2.24, 2.45) is 0 Å². The second kappa shape index (κ2) is 22.0. The number of hydrogen-bond donors (Lipinski definition) is 0. The van der Waals surface area contributed by atoms with E-state index in [2.05, 4.69) is 47.4 Å². The maximum Gasteiger partial charge on any atom is 0.258 e. The third kappa shape index (κ3) is 10.7. The molecular formula is C57H65N3O9. The number of methoxy groups -OCH3 is 2. The molecule has 362 valence electrons. The average Bonchev–Trinajstić information content (AvgIpc) is 3.86. The number of carbonyl (C=O) groups is 3. The van der Waals surface area contributed by atoms with Gasteiger partial charge in [0.15, 0.2) is 11.5 Å². The summed E-state index contributed by atoms with van der Waals surface area (Å²) in [5, 5.41) is 0. The predicted octanol–water partition coefficient (Wildman–Crippen LogP) is 9.44. The van der Waals surface area contributed by atoms with Gasteiger partial charge in [0, 0.05) is 73.3 Å². The molecule has 0 unspecified atom stereocenters. The number of ketones is 1. The molecule has 0 aromatic heterocycles. The lowest BCUT2D eigenvalue weighted by atomic mass is 9.98. The number of aryl methyl sites for hydroxylation is 3. The van der Waals surface area contributed by atoms with Gasteiger partial charge in [0.1, 0.15) is 24.7 Å². The van der Waals surface area contributed by atoms with E-state index in [0.29, 0.717) is 82.4 Å². The molecule has 4 aliphatic heterocycles. The van der Waals surface area contributed by atoms with Crippen LogP contribution >= 0.6 is 0 Å². The topological polar surface area (TPSA) is 116 Å². The molecule has 0 spiro atoms. The van der Waals surface area contributed by atoms with Gasteiger partial charge in [-0.3, -0.25) is 14.4 Å². The van der Waals surface area contributed by atoms with Crippen LogP contribution in [0.2, 0.25) is 0 Å². The zero-order chi connectivity index (χ0) is 47.9. The molecule has 2 amide bonds. The first-order chi connectivity index (χ1) is 33.7. The van der Waals surface area contributed by atoms with E-state index in [1.54, 1.807) is 14.2 Å². The van der Waals surface area contributed by atoms with Gasteiger partial charge in [-0.2, -0.15) is 0 Å². The van der Waals surface area contributed by atoms with Crippen LogP contribution < -0.4 is 28.9 Å². The smallest absolute Gasteiger partial charge is 0.258 e. The fourth-order valence-electron chi connectivity index (χ4n) is 10.5. The van der Waals surface area contributed by atoms with E-state index in [9.17, 15) is 14.4 Å². The fourth-order valence-corrected chi connectivity index (χ4v) is 10.5. The van der Waals surface area contributed by atoms with Crippen LogP contribution in [-0.2, 0) is 57.9 Å². The summed E-state index contributed by atoms with van der Waals surface area (Å²) in [5.74, 6) is 2.10. The molecule has 69 heavy (non-hydrogen) atoms. The lowest BCUT2D eigenvalue weighted by Gasteiger charge is -2.26. The summed E-state index contributed by atoms with van der Waals surface area (Å²) >= 11 is 0. The van der Waals surface area contributed by atoms with E-state index >= 15 is 0 Å². The lowest BCUT2D eigenvalue weighted by molar-refractivity contribution is -0.118. The lowest BCUT2D eigenvalue weighted by Crippen LogP contribution is -2.36. The quantitative estimate of drug-likeness (QED) is 0.0622. The molecule has 0 aliphatic carbocycles. The highest BCUT2D eigenvalue weighted by molar-refractivity contribution is 6.10. The summed E-state index contributed by atoms with van der Waals surface area (Å²) in [6, 6.07) is 31.0. The molecule has 12 heteroatoms. The van der Waals surface area contributed by atoms with E-state index in [0.717, 1.165) is 94.7 Å². The molecule has 0 N–H and O–H groups in total. The number of carbonyl (C=O) groups excluding carboxylic acids is 3. The third-order valence-corrected chi connectivity index (χ3v) is 14.1. The molecule has 4 aliphatic rings. The van der Waals surface area contributed by atoms with Crippen molar-refractivity contribution in [3.05, 3.63) is 141 Å². The molecule has 0 bridgehead atoms. The Bertz CT molecular complexity index is 2660. The Balaban J connectivity index is 0.973. The van der Waals surface area contributed by atoms with Crippen LogP contribution in [0.3, 0.4) is 0 Å². The Morgan fingerprint density at radius 2 is 1.20 bits per heavy atom. The van der Waals surface area contributed by atoms with Gasteiger partial charge in [-0.05, 0) is 145 Å². The summed E-state index contributed by atoms with van der Waals surface area (Å²) in [6.45, 7) is 8.10. The van der Waals surface area contributed by atoms with Gasteiger partial charge in [0.05, 0.1) is 40.1 Å². The van der Waals surface area contributed by atoms with Gasteiger partial charge in [0.25, 0.3) is 11.8 Å². The number of nitrogens with zero attached hydrogens (tertiary/aromatic N) is 3. The Kier molecular flexibility index (Phi) is 15.3. The first-order valence-corrected chi connectivity index (χ1v) is 24.7. The number of rotatable bonds is 22. The second-order valence-corrected chi connectivity index (χ2v) is 18.6. The minimum absolute atomic E-state index is 0.00889. The van der Waals surface area contributed by atoms with Gasteiger partial charge in [0.2, 0.25) is 0 Å². The Morgan fingerprint density at radius 3 is 1.81 bits per heavy atom. The standard InChI is InChI=1S/C57H65N3O9/c1-5-48(61)13-10-20-58(21-22-66-25-26-67-24-23-64-3)47-29-39(36-68-53-33-41-16-18-45-31-43-11-6-8-14-51(43)59(45)56(62)49(41)27-38(53)2)28-40(30-47)37-69-55-34-42-17-19-46-32-44-12-7-9-15-52(44)60(46)57(63)50(42)35-54(55)65-4/h6-9,11-12,14-15,27-30,33-35,45-46H,5,10,13,16-26,31-32,36-37H2,1-4H3/t45-,46-/m1/s1. The number of para-hydroxylation sites is 2. The zero-order valence-electron chi connectivity index (χ0n) is 40.6. The van der Waals surface area contributed by atoms with Crippen molar-refractivity contribution in [1.29, 1.82) is 0 Å². The Hall–Kier alpha value is -6.21. The number of benzene rings is 5. The van der Waals surface area contributed by atoms with E-state index in [1.165, 1.54) is 11.1 Å². The largest absolute Gasteiger partial charge is 0.493 e. The van der Waals surface area contributed by atoms with Crippen molar-refractivity contribution in [2.75, 3.05) is 75.0 Å². The predicted molar refractivity (Wildman–Crippen MR) is 268 cm³/mol. The summed E-state index contributed by atoms with van der Waals surface area (Å²) in [4.78, 5) is 47.1. The van der Waals surface area contributed by atoms with Crippen molar-refractivity contribution in [3.8, 4) is 17.2 Å². The van der Waals surface area contributed by atoms with E-state index in [-0.39, 0.29) is 42.9 Å². The number of fused-ring (bicyclic) bond motifs is 8. The molecule has 2 atom stereocenters. The fraction of sp³-hybridized carbons (Fsp3) is 0.421. The maximum atomic E-state index is 14.2. The number of ether oxygens (including phenoxy) is 6. The SMILES string of the molecule is CCC(=O)CCCN(CCOCCOCCOC)c1cc(COc2cc3c(cc2C)C(=O)N2c4ccccc4C[C@H]2CC3)cc(COc2cc3c(cc2OC)C(=O)N2c4ccccc4C[C@H]2CC3)c1. The van der Waals surface area contributed by atoms with Gasteiger partial charge in [-0.1, -0.05) is 43.3 Å². The van der Waals surface area contributed by atoms with E-state index in [4.69, 9.17) is 28.4 Å². The molecule has 0 fully saturated rings. The Labute approximate surface area is 406 Å². The van der Waals surface area contributed by atoms with Crippen LogP contribution in [0.1, 0.15) is 98.7 Å². The summed E-state index contributed by atoms with van der Waals surface area (Å²) in [5.41, 5.74) is 11.5. The van der Waals surface area contributed by atoms with Crippen LogP contribution in [-0.4, -0.2) is 90.0 Å². The third-order valence-electron chi connectivity index (χ3n) is 14.1. The summed E-state index contributed by atoms with van der Waals surface area (Å²) in [7, 11) is 3.26.